The third-order valence-corrected chi connectivity index (χ3v) is 3.66. The Morgan fingerprint density at radius 1 is 1.25 bits per heavy atom. The molecule has 0 heterocycles. The van der Waals surface area contributed by atoms with Crippen LogP contribution in [0.1, 0.15) is 26.7 Å². The van der Waals surface area contributed by atoms with E-state index in [1.54, 1.807) is 0 Å². The molecular weight excluding hydrogens is 164 g/mol. The lowest BCUT2D eigenvalue weighted by Gasteiger charge is -2.10. The first-order valence-corrected chi connectivity index (χ1v) is 4.27. The largest absolute Gasteiger partial charge is 0.0888 e. The zero-order valence-electron chi connectivity index (χ0n) is 5.52. The average Bonchev–Trinajstić information content (AvgIpc) is 1.98. The van der Waals surface area contributed by atoms with Crippen molar-refractivity contribution in [3.63, 3.8) is 0 Å². The fraction of sp³-hybridized carbons (Fsp3) is 1.00. The van der Waals surface area contributed by atoms with Crippen LogP contribution in [-0.4, -0.2) is 4.83 Å². The lowest BCUT2D eigenvalue weighted by Crippen LogP contribution is -2.06. The van der Waals surface area contributed by atoms with Crippen LogP contribution in [0.25, 0.3) is 0 Å². The number of rotatable bonds is 0. The summed E-state index contributed by atoms with van der Waals surface area (Å²) in [5, 5.41) is 0. The van der Waals surface area contributed by atoms with Crippen LogP contribution in [0.5, 0.6) is 0 Å². The fourth-order valence-electron chi connectivity index (χ4n) is 1.30. The summed E-state index contributed by atoms with van der Waals surface area (Å²) in [5.41, 5.74) is 0. The van der Waals surface area contributed by atoms with Crippen LogP contribution in [0.2, 0.25) is 0 Å². The summed E-state index contributed by atoms with van der Waals surface area (Å²) in [6.07, 6.45) is 2.79. The molecule has 0 bridgehead atoms. The highest BCUT2D eigenvalue weighted by atomic mass is 79.9. The maximum atomic E-state index is 3.64. The van der Waals surface area contributed by atoms with E-state index in [2.05, 4.69) is 29.8 Å². The molecule has 0 N–H and O–H groups in total. The molecule has 1 saturated carbocycles. The summed E-state index contributed by atoms with van der Waals surface area (Å²) in [5.74, 6) is 1.84. The van der Waals surface area contributed by atoms with Crippen LogP contribution in [0, 0.1) is 11.8 Å². The van der Waals surface area contributed by atoms with Gasteiger partial charge in [0.15, 0.2) is 0 Å². The van der Waals surface area contributed by atoms with Gasteiger partial charge in [-0.3, -0.25) is 0 Å². The van der Waals surface area contributed by atoms with Gasteiger partial charge < -0.3 is 0 Å². The van der Waals surface area contributed by atoms with Gasteiger partial charge in [0, 0.05) is 4.83 Å². The third kappa shape index (κ3) is 1.07. The molecule has 0 radical (unpaired) electrons. The molecule has 0 aromatic carbocycles. The molecule has 0 saturated heterocycles. The summed E-state index contributed by atoms with van der Waals surface area (Å²) in [6.45, 7) is 4.67. The molecule has 0 spiro atoms. The summed E-state index contributed by atoms with van der Waals surface area (Å²) in [7, 11) is 0. The van der Waals surface area contributed by atoms with Crippen LogP contribution < -0.4 is 0 Å². The quantitative estimate of drug-likeness (QED) is 0.499. The Hall–Kier alpha value is 0.480. The van der Waals surface area contributed by atoms with Crippen molar-refractivity contribution in [2.75, 3.05) is 0 Å². The van der Waals surface area contributed by atoms with Crippen LogP contribution in [0.3, 0.4) is 0 Å². The third-order valence-electron chi connectivity index (χ3n) is 2.37. The maximum absolute atomic E-state index is 3.64. The zero-order valence-corrected chi connectivity index (χ0v) is 7.11. The number of hydrogen-bond donors (Lipinski definition) is 0. The van der Waals surface area contributed by atoms with Gasteiger partial charge in [-0.1, -0.05) is 29.8 Å². The Labute approximate surface area is 59.8 Å². The highest BCUT2D eigenvalue weighted by Crippen LogP contribution is 2.35. The Morgan fingerprint density at radius 3 is 2.00 bits per heavy atom. The lowest BCUT2D eigenvalue weighted by atomic mass is 10.0. The Kier molecular flexibility index (Phi) is 1.97. The molecule has 0 aromatic rings. The second-order valence-corrected chi connectivity index (χ2v) is 4.11. The maximum Gasteiger partial charge on any atom is 0.0174 e. The normalized spacial score (nSPS) is 47.6. The van der Waals surface area contributed by atoms with Crippen molar-refractivity contribution in [2.45, 2.75) is 31.5 Å². The van der Waals surface area contributed by atoms with Gasteiger partial charge in [0.1, 0.15) is 0 Å². The van der Waals surface area contributed by atoms with Crippen molar-refractivity contribution in [1.29, 1.82) is 0 Å². The van der Waals surface area contributed by atoms with E-state index in [-0.39, 0.29) is 0 Å². The van der Waals surface area contributed by atoms with E-state index >= 15 is 0 Å². The monoisotopic (exact) mass is 176 g/mol. The van der Waals surface area contributed by atoms with Gasteiger partial charge in [0.25, 0.3) is 0 Å². The van der Waals surface area contributed by atoms with Gasteiger partial charge in [0.2, 0.25) is 0 Å². The number of halogens is 1. The Bertz CT molecular complexity index is 70.5. The minimum Gasteiger partial charge on any atom is -0.0888 e. The Balaban J connectivity index is 2.44. The first-order chi connectivity index (χ1) is 3.72. The molecule has 8 heavy (non-hydrogen) atoms. The minimum absolute atomic E-state index is 0.803. The van der Waals surface area contributed by atoms with Gasteiger partial charge in [-0.15, -0.1) is 0 Å². The smallest absolute Gasteiger partial charge is 0.0174 e. The summed E-state index contributed by atoms with van der Waals surface area (Å²) in [6, 6.07) is 0. The Morgan fingerprint density at radius 2 is 1.88 bits per heavy atom. The van der Waals surface area contributed by atoms with Crippen molar-refractivity contribution in [3.05, 3.63) is 0 Å². The molecule has 3 unspecified atom stereocenters. The topological polar surface area (TPSA) is 0 Å². The standard InChI is InChI=1S/C7H13Br/c1-5-3-4-7(8)6(5)2/h5-7H,3-4H2,1-2H3. The molecule has 0 amide bonds. The van der Waals surface area contributed by atoms with E-state index in [0.29, 0.717) is 0 Å². The molecule has 3 atom stereocenters. The lowest BCUT2D eigenvalue weighted by molar-refractivity contribution is 0.465. The van der Waals surface area contributed by atoms with Gasteiger partial charge in [-0.25, -0.2) is 0 Å². The van der Waals surface area contributed by atoms with E-state index in [0.717, 1.165) is 16.7 Å². The van der Waals surface area contributed by atoms with Gasteiger partial charge in [-0.2, -0.15) is 0 Å². The minimum atomic E-state index is 0.803. The average molecular weight is 177 g/mol. The summed E-state index contributed by atoms with van der Waals surface area (Å²) < 4.78 is 0. The fourth-order valence-corrected chi connectivity index (χ4v) is 2.09. The molecule has 1 rings (SSSR count). The van der Waals surface area contributed by atoms with Gasteiger partial charge >= 0.3 is 0 Å². The van der Waals surface area contributed by atoms with Crippen molar-refractivity contribution in [3.8, 4) is 0 Å². The van der Waals surface area contributed by atoms with E-state index in [1.165, 1.54) is 12.8 Å². The molecule has 0 nitrogen and oxygen atoms in total. The van der Waals surface area contributed by atoms with Crippen molar-refractivity contribution < 1.29 is 0 Å². The molecule has 1 aliphatic rings. The van der Waals surface area contributed by atoms with E-state index in [9.17, 15) is 0 Å². The highest BCUT2D eigenvalue weighted by Gasteiger charge is 2.26. The predicted octanol–water partition coefficient (Wildman–Crippen LogP) is 2.82. The first-order valence-electron chi connectivity index (χ1n) is 3.36. The summed E-state index contributed by atoms with van der Waals surface area (Å²) in [4.78, 5) is 0.803. The second-order valence-electron chi connectivity index (χ2n) is 2.93. The molecule has 0 aromatic heterocycles. The van der Waals surface area contributed by atoms with Crippen molar-refractivity contribution >= 4 is 15.9 Å². The van der Waals surface area contributed by atoms with E-state index in [1.807, 2.05) is 0 Å². The predicted molar refractivity (Wildman–Crippen MR) is 40.3 cm³/mol. The van der Waals surface area contributed by atoms with Gasteiger partial charge in [-0.05, 0) is 24.7 Å². The van der Waals surface area contributed by atoms with Crippen molar-refractivity contribution in [1.82, 2.24) is 0 Å². The molecule has 1 fully saturated rings. The van der Waals surface area contributed by atoms with Gasteiger partial charge in [0.05, 0.1) is 0 Å². The second kappa shape index (κ2) is 2.38. The van der Waals surface area contributed by atoms with Crippen LogP contribution in [0.15, 0.2) is 0 Å². The van der Waals surface area contributed by atoms with Crippen molar-refractivity contribution in [2.24, 2.45) is 11.8 Å². The van der Waals surface area contributed by atoms with Crippen LogP contribution in [-0.2, 0) is 0 Å². The first kappa shape index (κ1) is 6.60. The molecule has 48 valence electrons. The molecule has 1 aliphatic carbocycles. The van der Waals surface area contributed by atoms with E-state index < -0.39 is 0 Å². The number of alkyl halides is 1. The highest BCUT2D eigenvalue weighted by molar-refractivity contribution is 9.09. The summed E-state index contributed by atoms with van der Waals surface area (Å²) >= 11 is 3.64. The van der Waals surface area contributed by atoms with E-state index in [4.69, 9.17) is 0 Å². The molecule has 0 aliphatic heterocycles. The van der Waals surface area contributed by atoms with Crippen LogP contribution >= 0.6 is 15.9 Å². The number of hydrogen-bond acceptors (Lipinski definition) is 0. The molecular formula is C7H13Br. The zero-order chi connectivity index (χ0) is 6.15. The molecule has 1 heteroatoms. The van der Waals surface area contributed by atoms with Crippen LogP contribution in [0.4, 0.5) is 0 Å². The SMILES string of the molecule is CC1CCC(Br)C1C.